The number of nitrogens with zero attached hydrogens (tertiary/aromatic N) is 1. The van der Waals surface area contributed by atoms with Gasteiger partial charge < -0.3 is 10.0 Å². The highest BCUT2D eigenvalue weighted by atomic mass is 79.9. The molecule has 0 aliphatic carbocycles. The SMILES string of the molecule is CC(C(=O)O)C1CN(c2ccc(Br)cc2C(F)(F)F)C1. The van der Waals surface area contributed by atoms with E-state index in [1.807, 2.05) is 0 Å². The quantitative estimate of drug-likeness (QED) is 0.903. The summed E-state index contributed by atoms with van der Waals surface area (Å²) in [6.45, 7) is 2.24. The zero-order chi connectivity index (χ0) is 15.1. The topological polar surface area (TPSA) is 40.5 Å². The van der Waals surface area contributed by atoms with Gasteiger partial charge in [-0.1, -0.05) is 22.9 Å². The third kappa shape index (κ3) is 2.92. The van der Waals surface area contributed by atoms with Gasteiger partial charge in [-0.3, -0.25) is 4.79 Å². The van der Waals surface area contributed by atoms with Crippen molar-refractivity contribution >= 4 is 27.6 Å². The Kier molecular flexibility index (Phi) is 4.00. The van der Waals surface area contributed by atoms with Gasteiger partial charge in [0.25, 0.3) is 0 Å². The van der Waals surface area contributed by atoms with Gasteiger partial charge in [-0.25, -0.2) is 0 Å². The number of carboxylic acids is 1. The second-order valence-corrected chi connectivity index (χ2v) is 5.87. The first-order chi connectivity index (χ1) is 9.20. The minimum atomic E-state index is -4.43. The highest BCUT2D eigenvalue weighted by molar-refractivity contribution is 9.10. The van der Waals surface area contributed by atoms with Crippen LogP contribution in [0.15, 0.2) is 22.7 Å². The average molecular weight is 352 g/mol. The van der Waals surface area contributed by atoms with E-state index < -0.39 is 23.6 Å². The van der Waals surface area contributed by atoms with Gasteiger partial charge in [0.2, 0.25) is 0 Å². The molecule has 1 heterocycles. The van der Waals surface area contributed by atoms with Crippen LogP contribution in [0.25, 0.3) is 0 Å². The second kappa shape index (κ2) is 5.27. The number of rotatable bonds is 3. The Morgan fingerprint density at radius 3 is 2.55 bits per heavy atom. The van der Waals surface area contributed by atoms with Gasteiger partial charge >= 0.3 is 12.1 Å². The van der Waals surface area contributed by atoms with E-state index in [-0.39, 0.29) is 11.6 Å². The first-order valence-corrected chi connectivity index (χ1v) is 6.84. The lowest BCUT2D eigenvalue weighted by Crippen LogP contribution is -2.51. The van der Waals surface area contributed by atoms with Gasteiger partial charge in [-0.05, 0) is 18.2 Å². The molecule has 1 aromatic rings. The highest BCUT2D eigenvalue weighted by Crippen LogP contribution is 2.41. The minimum absolute atomic E-state index is 0.106. The summed E-state index contributed by atoms with van der Waals surface area (Å²) in [5, 5.41) is 8.89. The van der Waals surface area contributed by atoms with Crippen LogP contribution in [0.1, 0.15) is 12.5 Å². The Bertz CT molecular complexity index is 527. The van der Waals surface area contributed by atoms with Gasteiger partial charge in [0.05, 0.1) is 11.5 Å². The molecule has 1 N–H and O–H groups in total. The van der Waals surface area contributed by atoms with Crippen molar-refractivity contribution in [1.82, 2.24) is 0 Å². The number of alkyl halides is 3. The molecular formula is C13H13BrF3NO2. The van der Waals surface area contributed by atoms with Crippen molar-refractivity contribution in [2.45, 2.75) is 13.1 Å². The molecule has 0 aromatic heterocycles. The van der Waals surface area contributed by atoms with Gasteiger partial charge in [0.1, 0.15) is 0 Å². The van der Waals surface area contributed by atoms with Crippen molar-refractivity contribution in [3.63, 3.8) is 0 Å². The Hall–Kier alpha value is -1.24. The minimum Gasteiger partial charge on any atom is -0.481 e. The summed E-state index contributed by atoms with van der Waals surface area (Å²) in [5.74, 6) is -1.57. The molecule has 1 aromatic carbocycles. The van der Waals surface area contributed by atoms with E-state index in [0.29, 0.717) is 17.6 Å². The molecule has 0 saturated carbocycles. The largest absolute Gasteiger partial charge is 0.481 e. The highest BCUT2D eigenvalue weighted by Gasteiger charge is 2.40. The van der Waals surface area contributed by atoms with Crippen molar-refractivity contribution in [2.75, 3.05) is 18.0 Å². The lowest BCUT2D eigenvalue weighted by Gasteiger charge is -2.43. The average Bonchev–Trinajstić information content (AvgIpc) is 2.27. The lowest BCUT2D eigenvalue weighted by molar-refractivity contribution is -0.143. The molecule has 3 nitrogen and oxygen atoms in total. The van der Waals surface area contributed by atoms with E-state index in [4.69, 9.17) is 5.11 Å². The van der Waals surface area contributed by atoms with E-state index in [0.717, 1.165) is 6.07 Å². The first-order valence-electron chi connectivity index (χ1n) is 6.04. The maximum Gasteiger partial charge on any atom is 0.418 e. The molecule has 7 heteroatoms. The van der Waals surface area contributed by atoms with Crippen molar-refractivity contribution in [1.29, 1.82) is 0 Å². The Balaban J connectivity index is 2.18. The molecule has 1 unspecified atom stereocenters. The van der Waals surface area contributed by atoms with Gasteiger partial charge in [0.15, 0.2) is 0 Å². The maximum absolute atomic E-state index is 13.0. The normalized spacial score (nSPS) is 17.8. The molecule has 2 rings (SSSR count). The number of halogens is 4. The molecule has 20 heavy (non-hydrogen) atoms. The molecule has 1 aliphatic heterocycles. The van der Waals surface area contributed by atoms with Crippen LogP contribution in [0.2, 0.25) is 0 Å². The lowest BCUT2D eigenvalue weighted by atomic mass is 9.86. The van der Waals surface area contributed by atoms with Crippen LogP contribution < -0.4 is 4.90 Å². The predicted octanol–water partition coefficient (Wildman–Crippen LogP) is 3.62. The standard InChI is InChI=1S/C13H13BrF3NO2/c1-7(12(19)20)8-5-18(6-8)11-3-2-9(14)4-10(11)13(15,16)17/h2-4,7-8H,5-6H2,1H3,(H,19,20). The monoisotopic (exact) mass is 351 g/mol. The summed E-state index contributed by atoms with van der Waals surface area (Å²) < 4.78 is 39.3. The number of hydrogen-bond donors (Lipinski definition) is 1. The van der Waals surface area contributed by atoms with Gasteiger partial charge in [-0.2, -0.15) is 13.2 Å². The zero-order valence-electron chi connectivity index (χ0n) is 10.6. The van der Waals surface area contributed by atoms with E-state index in [2.05, 4.69) is 15.9 Å². The molecule has 1 aliphatic rings. The van der Waals surface area contributed by atoms with E-state index >= 15 is 0 Å². The fourth-order valence-corrected chi connectivity index (χ4v) is 2.60. The summed E-state index contributed by atoms with van der Waals surface area (Å²) in [5.41, 5.74) is -0.595. The summed E-state index contributed by atoms with van der Waals surface area (Å²) in [6.07, 6.45) is -4.43. The van der Waals surface area contributed by atoms with Crippen molar-refractivity contribution in [3.05, 3.63) is 28.2 Å². The molecule has 1 atom stereocenters. The van der Waals surface area contributed by atoms with E-state index in [9.17, 15) is 18.0 Å². The summed E-state index contributed by atoms with van der Waals surface area (Å²) in [4.78, 5) is 12.4. The van der Waals surface area contributed by atoms with Crippen LogP contribution in [0.5, 0.6) is 0 Å². The number of benzene rings is 1. The van der Waals surface area contributed by atoms with E-state index in [1.165, 1.54) is 6.07 Å². The number of anilines is 1. The Labute approximate surface area is 122 Å². The molecule has 1 saturated heterocycles. The fourth-order valence-electron chi connectivity index (χ4n) is 2.24. The smallest absolute Gasteiger partial charge is 0.418 e. The van der Waals surface area contributed by atoms with E-state index in [1.54, 1.807) is 17.9 Å². The van der Waals surface area contributed by atoms with Crippen LogP contribution in [-0.4, -0.2) is 24.2 Å². The number of carboxylic acid groups (broad SMARTS) is 1. The van der Waals surface area contributed by atoms with Crippen LogP contribution in [-0.2, 0) is 11.0 Å². The molecule has 0 radical (unpaired) electrons. The molecule has 110 valence electrons. The van der Waals surface area contributed by atoms with Gasteiger partial charge in [-0.15, -0.1) is 0 Å². The van der Waals surface area contributed by atoms with Crippen LogP contribution in [0.4, 0.5) is 18.9 Å². The fraction of sp³-hybridized carbons (Fsp3) is 0.462. The third-order valence-electron chi connectivity index (χ3n) is 3.61. The third-order valence-corrected chi connectivity index (χ3v) is 4.10. The molecule has 0 spiro atoms. The van der Waals surface area contributed by atoms with Crippen LogP contribution in [0, 0.1) is 11.8 Å². The predicted molar refractivity (Wildman–Crippen MR) is 71.6 cm³/mol. The Morgan fingerprint density at radius 1 is 1.45 bits per heavy atom. The molecule has 1 fully saturated rings. The van der Waals surface area contributed by atoms with Crippen molar-refractivity contribution < 1.29 is 23.1 Å². The molecular weight excluding hydrogens is 339 g/mol. The van der Waals surface area contributed by atoms with Gasteiger partial charge in [0, 0.05) is 29.2 Å². The Morgan fingerprint density at radius 2 is 2.05 bits per heavy atom. The second-order valence-electron chi connectivity index (χ2n) is 4.95. The van der Waals surface area contributed by atoms with Crippen LogP contribution >= 0.6 is 15.9 Å². The number of aliphatic carboxylic acids is 1. The summed E-state index contributed by atoms with van der Waals surface area (Å²) in [7, 11) is 0. The number of carbonyl (C=O) groups is 1. The summed E-state index contributed by atoms with van der Waals surface area (Å²) in [6, 6.07) is 4.01. The van der Waals surface area contributed by atoms with Crippen molar-refractivity contribution in [2.24, 2.45) is 11.8 Å². The summed E-state index contributed by atoms with van der Waals surface area (Å²) >= 11 is 3.04. The maximum atomic E-state index is 13.0. The van der Waals surface area contributed by atoms with Crippen molar-refractivity contribution in [3.8, 4) is 0 Å². The first kappa shape index (κ1) is 15.2. The number of hydrogen-bond acceptors (Lipinski definition) is 2. The molecule has 0 amide bonds. The van der Waals surface area contributed by atoms with Crippen LogP contribution in [0.3, 0.4) is 0 Å². The molecule has 0 bridgehead atoms. The zero-order valence-corrected chi connectivity index (χ0v) is 12.2.